The number of benzene rings is 3. The van der Waals surface area contributed by atoms with E-state index in [1.807, 2.05) is 60.7 Å². The second kappa shape index (κ2) is 11.8. The average Bonchev–Trinajstić information content (AvgIpc) is 2.83. The molecule has 2 amide bonds. The van der Waals surface area contributed by atoms with Crippen LogP contribution in [-0.4, -0.2) is 24.9 Å². The van der Waals surface area contributed by atoms with Crippen LogP contribution in [-0.2, 0) is 28.6 Å². The van der Waals surface area contributed by atoms with Gasteiger partial charge in [-0.15, -0.1) is 0 Å². The molecule has 0 saturated heterocycles. The van der Waals surface area contributed by atoms with E-state index in [0.29, 0.717) is 12.8 Å². The molecule has 0 aliphatic rings. The predicted molar refractivity (Wildman–Crippen MR) is 126 cm³/mol. The Bertz CT molecular complexity index is 1070. The molecule has 0 aliphatic carbocycles. The summed E-state index contributed by atoms with van der Waals surface area (Å²) in [6.45, 7) is 0.556. The standard InChI is InChI=1S/C27H25F3N2O2/c28-27(29,30)23-13-7-12-22(18-23)19-24(25(33)31-16-14-20-8-3-1-4-9-20)26(34)32-17-15-21-10-5-2-6-11-21/h1-13,18-19H,14-17H2,(H,31,33)(H,32,34). The Balaban J connectivity index is 1.73. The summed E-state index contributed by atoms with van der Waals surface area (Å²) in [5, 5.41) is 5.39. The monoisotopic (exact) mass is 466 g/mol. The molecule has 0 fully saturated rings. The van der Waals surface area contributed by atoms with E-state index in [1.165, 1.54) is 18.2 Å². The minimum absolute atomic E-state index is 0.112. The van der Waals surface area contributed by atoms with Crippen LogP contribution in [0.5, 0.6) is 0 Å². The molecule has 0 unspecified atom stereocenters. The summed E-state index contributed by atoms with van der Waals surface area (Å²) in [6.07, 6.45) is -2.23. The summed E-state index contributed by atoms with van der Waals surface area (Å²) in [5.74, 6) is -1.30. The van der Waals surface area contributed by atoms with Gasteiger partial charge in [-0.05, 0) is 47.7 Å². The van der Waals surface area contributed by atoms with E-state index in [9.17, 15) is 22.8 Å². The van der Waals surface area contributed by atoms with Gasteiger partial charge >= 0.3 is 6.18 Å². The molecule has 0 atom stereocenters. The molecular formula is C27H25F3N2O2. The van der Waals surface area contributed by atoms with E-state index in [0.717, 1.165) is 23.3 Å². The first-order valence-corrected chi connectivity index (χ1v) is 10.9. The number of hydrogen-bond acceptors (Lipinski definition) is 2. The van der Waals surface area contributed by atoms with E-state index in [1.54, 1.807) is 0 Å². The molecule has 0 aliphatic heterocycles. The molecule has 3 aromatic carbocycles. The maximum absolute atomic E-state index is 13.1. The Morgan fingerprint density at radius 1 is 0.706 bits per heavy atom. The summed E-state index contributed by atoms with van der Waals surface area (Å²) < 4.78 is 39.3. The number of alkyl halides is 3. The first kappa shape index (κ1) is 24.8. The molecule has 0 radical (unpaired) electrons. The van der Waals surface area contributed by atoms with Gasteiger partial charge in [-0.1, -0.05) is 72.8 Å². The van der Waals surface area contributed by atoms with E-state index in [-0.39, 0.29) is 24.2 Å². The summed E-state index contributed by atoms with van der Waals surface area (Å²) >= 11 is 0. The van der Waals surface area contributed by atoms with Crippen LogP contribution in [0.4, 0.5) is 13.2 Å². The van der Waals surface area contributed by atoms with Crippen molar-refractivity contribution >= 4 is 17.9 Å². The van der Waals surface area contributed by atoms with Crippen molar-refractivity contribution in [2.24, 2.45) is 0 Å². The van der Waals surface area contributed by atoms with Crippen molar-refractivity contribution in [2.45, 2.75) is 19.0 Å². The number of carbonyl (C=O) groups is 2. The van der Waals surface area contributed by atoms with Gasteiger partial charge in [-0.3, -0.25) is 9.59 Å². The van der Waals surface area contributed by atoms with E-state index in [4.69, 9.17) is 0 Å². The van der Waals surface area contributed by atoms with Crippen molar-refractivity contribution in [2.75, 3.05) is 13.1 Å². The van der Waals surface area contributed by atoms with E-state index >= 15 is 0 Å². The predicted octanol–water partition coefficient (Wildman–Crippen LogP) is 4.81. The fourth-order valence-electron chi connectivity index (χ4n) is 3.33. The lowest BCUT2D eigenvalue weighted by molar-refractivity contribution is -0.137. The molecule has 2 N–H and O–H groups in total. The molecule has 7 heteroatoms. The smallest absolute Gasteiger partial charge is 0.352 e. The van der Waals surface area contributed by atoms with Crippen LogP contribution in [0.25, 0.3) is 6.08 Å². The number of halogens is 3. The fourth-order valence-corrected chi connectivity index (χ4v) is 3.33. The Hall–Kier alpha value is -3.87. The van der Waals surface area contributed by atoms with E-state index < -0.39 is 23.6 Å². The first-order chi connectivity index (χ1) is 16.3. The number of nitrogens with one attached hydrogen (secondary N) is 2. The zero-order valence-electron chi connectivity index (χ0n) is 18.4. The number of carbonyl (C=O) groups excluding carboxylic acids is 2. The molecule has 0 aromatic heterocycles. The molecule has 0 bridgehead atoms. The molecule has 0 heterocycles. The van der Waals surface area contributed by atoms with Gasteiger partial charge in [0.2, 0.25) is 0 Å². The molecule has 0 saturated carbocycles. The third-order valence-electron chi connectivity index (χ3n) is 5.10. The summed E-state index contributed by atoms with van der Waals surface area (Å²) in [7, 11) is 0. The zero-order valence-corrected chi connectivity index (χ0v) is 18.4. The third-order valence-corrected chi connectivity index (χ3v) is 5.10. The maximum Gasteiger partial charge on any atom is 0.416 e. The fraction of sp³-hybridized carbons (Fsp3) is 0.185. The summed E-state index contributed by atoms with van der Waals surface area (Å²) in [4.78, 5) is 25.7. The molecule has 34 heavy (non-hydrogen) atoms. The van der Waals surface area contributed by atoms with Crippen LogP contribution < -0.4 is 10.6 Å². The SMILES string of the molecule is O=C(NCCc1ccccc1)C(=Cc1cccc(C(F)(F)F)c1)C(=O)NCCc1ccccc1. The van der Waals surface area contributed by atoms with Gasteiger partial charge in [-0.25, -0.2) is 0 Å². The normalized spacial score (nSPS) is 10.9. The Labute approximate surface area is 196 Å². The van der Waals surface area contributed by atoms with Crippen molar-refractivity contribution in [3.63, 3.8) is 0 Å². The Morgan fingerprint density at radius 3 is 1.68 bits per heavy atom. The molecule has 0 spiro atoms. The lowest BCUT2D eigenvalue weighted by Gasteiger charge is -2.11. The van der Waals surface area contributed by atoms with Crippen molar-refractivity contribution in [3.05, 3.63) is 113 Å². The molecule has 4 nitrogen and oxygen atoms in total. The van der Waals surface area contributed by atoms with Gasteiger partial charge in [0.25, 0.3) is 11.8 Å². The number of hydrogen-bond donors (Lipinski definition) is 2. The lowest BCUT2D eigenvalue weighted by atomic mass is 10.1. The van der Waals surface area contributed by atoms with Crippen LogP contribution in [0.1, 0.15) is 22.3 Å². The van der Waals surface area contributed by atoms with Crippen molar-refractivity contribution in [1.82, 2.24) is 10.6 Å². The number of rotatable bonds is 9. The van der Waals surface area contributed by atoms with Gasteiger partial charge < -0.3 is 10.6 Å². The molecule has 176 valence electrons. The van der Waals surface area contributed by atoms with Gasteiger partial charge in [-0.2, -0.15) is 13.2 Å². The first-order valence-electron chi connectivity index (χ1n) is 10.9. The van der Waals surface area contributed by atoms with Crippen molar-refractivity contribution in [3.8, 4) is 0 Å². The Kier molecular flexibility index (Phi) is 8.62. The second-order valence-electron chi connectivity index (χ2n) is 7.66. The lowest BCUT2D eigenvalue weighted by Crippen LogP contribution is -2.36. The van der Waals surface area contributed by atoms with Crippen LogP contribution >= 0.6 is 0 Å². The minimum Gasteiger partial charge on any atom is -0.352 e. The third kappa shape index (κ3) is 7.62. The topological polar surface area (TPSA) is 58.2 Å². The molecule has 3 aromatic rings. The highest BCUT2D eigenvalue weighted by Crippen LogP contribution is 2.30. The van der Waals surface area contributed by atoms with Crippen LogP contribution in [0, 0.1) is 0 Å². The quantitative estimate of drug-likeness (QED) is 0.270. The minimum atomic E-state index is -4.53. The van der Waals surface area contributed by atoms with Gasteiger partial charge in [0.1, 0.15) is 5.57 Å². The summed E-state index contributed by atoms with van der Waals surface area (Å²) in [5.41, 5.74) is 1.04. The number of amides is 2. The Morgan fingerprint density at radius 2 is 1.21 bits per heavy atom. The highest BCUT2D eigenvalue weighted by atomic mass is 19.4. The highest BCUT2D eigenvalue weighted by molar-refractivity contribution is 6.21. The van der Waals surface area contributed by atoms with Crippen LogP contribution in [0.2, 0.25) is 0 Å². The van der Waals surface area contributed by atoms with Crippen molar-refractivity contribution < 1.29 is 22.8 Å². The second-order valence-corrected chi connectivity index (χ2v) is 7.66. The van der Waals surface area contributed by atoms with Gasteiger partial charge in [0.05, 0.1) is 5.56 Å². The zero-order chi connectivity index (χ0) is 24.4. The summed E-state index contributed by atoms with van der Waals surface area (Å²) in [6, 6.07) is 23.5. The molecule has 3 rings (SSSR count). The van der Waals surface area contributed by atoms with Crippen LogP contribution in [0.3, 0.4) is 0 Å². The average molecular weight is 467 g/mol. The van der Waals surface area contributed by atoms with E-state index in [2.05, 4.69) is 10.6 Å². The highest BCUT2D eigenvalue weighted by Gasteiger charge is 2.30. The molecular weight excluding hydrogens is 441 g/mol. The van der Waals surface area contributed by atoms with Crippen LogP contribution in [0.15, 0.2) is 90.5 Å². The maximum atomic E-state index is 13.1. The largest absolute Gasteiger partial charge is 0.416 e. The van der Waals surface area contributed by atoms with Crippen molar-refractivity contribution in [1.29, 1.82) is 0 Å². The van der Waals surface area contributed by atoms with Gasteiger partial charge in [0, 0.05) is 13.1 Å². The van der Waals surface area contributed by atoms with Gasteiger partial charge in [0.15, 0.2) is 0 Å².